The van der Waals surface area contributed by atoms with Crippen molar-refractivity contribution in [3.05, 3.63) is 18.2 Å². The predicted molar refractivity (Wildman–Crippen MR) is 110 cm³/mol. The Balaban J connectivity index is 0.00000261. The van der Waals surface area contributed by atoms with Gasteiger partial charge in [0.2, 0.25) is 15.9 Å². The minimum atomic E-state index is -3.65. The van der Waals surface area contributed by atoms with E-state index in [2.05, 4.69) is 10.6 Å². The number of thioether (sulfide) groups is 1. The van der Waals surface area contributed by atoms with Gasteiger partial charge >= 0.3 is 0 Å². The zero-order chi connectivity index (χ0) is 18.6. The van der Waals surface area contributed by atoms with Crippen LogP contribution in [0.2, 0.25) is 0 Å². The fraction of sp³-hybridized carbons (Fsp3) is 0.588. The molecule has 0 saturated carbocycles. The number of sulfonamides is 1. The van der Waals surface area contributed by atoms with Crippen molar-refractivity contribution >= 4 is 45.8 Å². The van der Waals surface area contributed by atoms with E-state index in [-0.39, 0.29) is 29.3 Å². The molecule has 1 amide bonds. The first-order valence-electron chi connectivity index (χ1n) is 8.91. The molecule has 152 valence electrons. The van der Waals surface area contributed by atoms with Gasteiger partial charge in [-0.05, 0) is 38.0 Å². The number of nitrogens with one attached hydrogen (secondary N) is 2. The Morgan fingerprint density at radius 2 is 2.07 bits per heavy atom. The standard InChI is InChI=1S/C17H25N3O4S2.ClH/c1-2-24-15-7-6-13(19-17(21)14-11-25-12-18-14)10-16(15)26(22,23)20-8-4-3-5-9-20;/h6-7,10,14,18H,2-5,8-9,11-12H2,1H3,(H,19,21);1H. The number of carbonyl (C=O) groups is 1. The zero-order valence-corrected chi connectivity index (χ0v) is 17.7. The molecule has 2 fully saturated rings. The van der Waals surface area contributed by atoms with E-state index in [1.807, 2.05) is 6.92 Å². The van der Waals surface area contributed by atoms with Crippen molar-refractivity contribution < 1.29 is 17.9 Å². The third-order valence-corrected chi connectivity index (χ3v) is 7.34. The van der Waals surface area contributed by atoms with E-state index in [1.165, 1.54) is 10.4 Å². The lowest BCUT2D eigenvalue weighted by atomic mass is 10.2. The van der Waals surface area contributed by atoms with Crippen molar-refractivity contribution in [1.82, 2.24) is 9.62 Å². The third-order valence-electron chi connectivity index (χ3n) is 4.48. The Labute approximate surface area is 171 Å². The zero-order valence-electron chi connectivity index (χ0n) is 15.3. The highest BCUT2D eigenvalue weighted by Gasteiger charge is 2.30. The smallest absolute Gasteiger partial charge is 0.246 e. The minimum Gasteiger partial charge on any atom is -0.492 e. The highest BCUT2D eigenvalue weighted by molar-refractivity contribution is 7.99. The second kappa shape index (κ2) is 9.97. The lowest BCUT2D eigenvalue weighted by molar-refractivity contribution is -0.117. The SMILES string of the molecule is CCOc1ccc(NC(=O)C2CSCN2)cc1S(=O)(=O)N1CCCCC1.Cl. The summed E-state index contributed by atoms with van der Waals surface area (Å²) in [6.07, 6.45) is 2.78. The van der Waals surface area contributed by atoms with Crippen molar-refractivity contribution in [2.24, 2.45) is 0 Å². The Morgan fingerprint density at radius 1 is 1.33 bits per heavy atom. The quantitative estimate of drug-likeness (QED) is 0.712. The van der Waals surface area contributed by atoms with Crippen LogP contribution in [-0.2, 0) is 14.8 Å². The van der Waals surface area contributed by atoms with Crippen LogP contribution in [0.5, 0.6) is 5.75 Å². The Morgan fingerprint density at radius 3 is 2.70 bits per heavy atom. The van der Waals surface area contributed by atoms with E-state index in [0.717, 1.165) is 25.1 Å². The Hall–Kier alpha value is -1.00. The van der Waals surface area contributed by atoms with Crippen molar-refractivity contribution in [2.45, 2.75) is 37.1 Å². The van der Waals surface area contributed by atoms with Crippen molar-refractivity contribution in [2.75, 3.05) is 36.6 Å². The lowest BCUT2D eigenvalue weighted by Gasteiger charge is -2.27. The highest BCUT2D eigenvalue weighted by atomic mass is 35.5. The monoisotopic (exact) mass is 435 g/mol. The van der Waals surface area contributed by atoms with Gasteiger partial charge in [-0.25, -0.2) is 8.42 Å². The largest absolute Gasteiger partial charge is 0.492 e. The molecule has 3 rings (SSSR count). The summed E-state index contributed by atoms with van der Waals surface area (Å²) in [5, 5.41) is 5.92. The average Bonchev–Trinajstić information content (AvgIpc) is 3.19. The first-order chi connectivity index (χ1) is 12.5. The molecule has 2 aliphatic rings. The van der Waals surface area contributed by atoms with Gasteiger partial charge in [0, 0.05) is 30.4 Å². The maximum atomic E-state index is 13.1. The molecule has 2 heterocycles. The summed E-state index contributed by atoms with van der Waals surface area (Å²) < 4.78 is 33.2. The number of ether oxygens (including phenoxy) is 1. The van der Waals surface area contributed by atoms with Gasteiger partial charge in [-0.15, -0.1) is 24.2 Å². The third kappa shape index (κ3) is 5.29. The number of benzene rings is 1. The molecule has 0 aromatic heterocycles. The number of halogens is 1. The first-order valence-corrected chi connectivity index (χ1v) is 11.5. The number of nitrogens with zero attached hydrogens (tertiary/aromatic N) is 1. The normalized spacial score (nSPS) is 20.7. The van der Waals surface area contributed by atoms with Gasteiger partial charge < -0.3 is 10.1 Å². The van der Waals surface area contributed by atoms with Crippen molar-refractivity contribution in [3.8, 4) is 5.75 Å². The molecular weight excluding hydrogens is 410 g/mol. The topological polar surface area (TPSA) is 87.7 Å². The van der Waals surface area contributed by atoms with Gasteiger partial charge in [0.1, 0.15) is 10.6 Å². The summed E-state index contributed by atoms with van der Waals surface area (Å²) in [6, 6.07) is 4.55. The second-order valence-corrected chi connectivity index (χ2v) is 9.26. The highest BCUT2D eigenvalue weighted by Crippen LogP contribution is 2.31. The van der Waals surface area contributed by atoms with Gasteiger partial charge in [-0.2, -0.15) is 4.31 Å². The van der Waals surface area contributed by atoms with E-state index in [4.69, 9.17) is 4.74 Å². The summed E-state index contributed by atoms with van der Waals surface area (Å²) >= 11 is 1.66. The van der Waals surface area contributed by atoms with Gasteiger partial charge in [0.05, 0.1) is 12.6 Å². The van der Waals surface area contributed by atoms with E-state index in [9.17, 15) is 13.2 Å². The molecule has 2 N–H and O–H groups in total. The number of carbonyl (C=O) groups excluding carboxylic acids is 1. The fourth-order valence-corrected chi connectivity index (χ4v) is 5.72. The lowest BCUT2D eigenvalue weighted by Crippen LogP contribution is -2.37. The number of piperidine rings is 1. The van der Waals surface area contributed by atoms with Gasteiger partial charge in [0.15, 0.2) is 0 Å². The Kier molecular flexibility index (Phi) is 8.23. The van der Waals surface area contributed by atoms with Crippen LogP contribution in [0.3, 0.4) is 0 Å². The predicted octanol–water partition coefficient (Wildman–Crippen LogP) is 2.28. The molecule has 1 aromatic rings. The maximum Gasteiger partial charge on any atom is 0.246 e. The van der Waals surface area contributed by atoms with Crippen LogP contribution in [-0.4, -0.2) is 56.0 Å². The van der Waals surface area contributed by atoms with E-state index in [0.29, 0.717) is 36.9 Å². The maximum absolute atomic E-state index is 13.1. The molecule has 7 nitrogen and oxygen atoms in total. The summed E-state index contributed by atoms with van der Waals surface area (Å²) in [6.45, 7) is 3.23. The summed E-state index contributed by atoms with van der Waals surface area (Å²) in [5.41, 5.74) is 0.465. The number of rotatable bonds is 6. The van der Waals surface area contributed by atoms with Crippen LogP contribution in [0.25, 0.3) is 0 Å². The molecule has 1 aromatic carbocycles. The van der Waals surface area contributed by atoms with Gasteiger partial charge in [-0.1, -0.05) is 6.42 Å². The van der Waals surface area contributed by atoms with Gasteiger partial charge in [0.25, 0.3) is 0 Å². The summed E-state index contributed by atoms with van der Waals surface area (Å²) in [5.74, 6) is 1.63. The molecule has 1 atom stereocenters. The van der Waals surface area contributed by atoms with Crippen LogP contribution < -0.4 is 15.4 Å². The van der Waals surface area contributed by atoms with Crippen LogP contribution in [0.4, 0.5) is 5.69 Å². The second-order valence-electron chi connectivity index (χ2n) is 6.32. The molecule has 10 heteroatoms. The van der Waals surface area contributed by atoms with Crippen LogP contribution >= 0.6 is 24.2 Å². The fourth-order valence-electron chi connectivity index (χ4n) is 3.10. The van der Waals surface area contributed by atoms with E-state index >= 15 is 0 Å². The molecule has 0 radical (unpaired) electrons. The molecule has 1 unspecified atom stereocenters. The molecule has 27 heavy (non-hydrogen) atoms. The van der Waals surface area contributed by atoms with Crippen LogP contribution in [0.1, 0.15) is 26.2 Å². The number of hydrogen-bond acceptors (Lipinski definition) is 6. The average molecular weight is 436 g/mol. The molecule has 0 aliphatic carbocycles. The molecule has 0 spiro atoms. The molecule has 2 aliphatic heterocycles. The van der Waals surface area contributed by atoms with Gasteiger partial charge in [-0.3, -0.25) is 10.1 Å². The van der Waals surface area contributed by atoms with Crippen molar-refractivity contribution in [1.29, 1.82) is 0 Å². The molecular formula is C17H26ClN3O4S2. The molecule has 0 bridgehead atoms. The van der Waals surface area contributed by atoms with E-state index in [1.54, 1.807) is 23.9 Å². The number of amides is 1. The van der Waals surface area contributed by atoms with E-state index < -0.39 is 10.0 Å². The van der Waals surface area contributed by atoms with Crippen LogP contribution in [0.15, 0.2) is 23.1 Å². The minimum absolute atomic E-state index is 0. The summed E-state index contributed by atoms with van der Waals surface area (Å²) in [7, 11) is -3.65. The summed E-state index contributed by atoms with van der Waals surface area (Å²) in [4.78, 5) is 12.4. The van der Waals surface area contributed by atoms with Crippen LogP contribution in [0, 0.1) is 0 Å². The number of hydrogen-bond donors (Lipinski definition) is 2. The Bertz CT molecular complexity index is 749. The number of anilines is 1. The first kappa shape index (κ1) is 22.3. The van der Waals surface area contributed by atoms with Crippen molar-refractivity contribution in [3.63, 3.8) is 0 Å². The molecule has 2 saturated heterocycles.